The SMILES string of the molecule is C=C(O)C1(C)CN(C(=O)OC(C)(C)C)CCO1. The molecule has 0 aliphatic carbocycles. The molecule has 1 saturated heterocycles. The Balaban J connectivity index is 2.67. The van der Waals surface area contributed by atoms with Crippen molar-refractivity contribution in [2.24, 2.45) is 0 Å². The Hall–Kier alpha value is -1.23. The van der Waals surface area contributed by atoms with E-state index < -0.39 is 17.3 Å². The van der Waals surface area contributed by atoms with E-state index in [0.29, 0.717) is 13.2 Å². The van der Waals surface area contributed by atoms with Gasteiger partial charge in [-0.1, -0.05) is 6.58 Å². The molecule has 1 atom stereocenters. The number of aliphatic hydroxyl groups excluding tert-OH is 1. The quantitative estimate of drug-likeness (QED) is 0.716. The van der Waals surface area contributed by atoms with Crippen molar-refractivity contribution >= 4 is 6.09 Å². The molecule has 0 aromatic heterocycles. The fourth-order valence-corrected chi connectivity index (χ4v) is 1.53. The number of carbonyl (C=O) groups excluding carboxylic acids is 1. The highest BCUT2D eigenvalue weighted by atomic mass is 16.6. The lowest BCUT2D eigenvalue weighted by Crippen LogP contribution is -2.53. The summed E-state index contributed by atoms with van der Waals surface area (Å²) in [6, 6.07) is 0. The van der Waals surface area contributed by atoms with Crippen LogP contribution in [0, 0.1) is 0 Å². The van der Waals surface area contributed by atoms with E-state index in [1.807, 2.05) is 20.8 Å². The van der Waals surface area contributed by atoms with Crippen molar-refractivity contribution in [2.75, 3.05) is 19.7 Å². The van der Waals surface area contributed by atoms with Crippen molar-refractivity contribution < 1.29 is 19.4 Å². The molecule has 1 rings (SSSR count). The Kier molecular flexibility index (Phi) is 3.71. The number of ether oxygens (including phenoxy) is 2. The molecule has 5 nitrogen and oxygen atoms in total. The standard InChI is InChI=1S/C12H21NO4/c1-9(14)12(5)8-13(6-7-16-12)10(15)17-11(2,3)4/h14H,1,6-8H2,2-5H3. The molecular weight excluding hydrogens is 222 g/mol. The van der Waals surface area contributed by atoms with Crippen molar-refractivity contribution in [1.82, 2.24) is 4.90 Å². The minimum atomic E-state index is -0.908. The van der Waals surface area contributed by atoms with Crippen LogP contribution in [0.15, 0.2) is 12.3 Å². The molecule has 0 radical (unpaired) electrons. The van der Waals surface area contributed by atoms with E-state index in [0.717, 1.165) is 0 Å². The summed E-state index contributed by atoms with van der Waals surface area (Å²) < 4.78 is 10.7. The summed E-state index contributed by atoms with van der Waals surface area (Å²) in [4.78, 5) is 13.4. The summed E-state index contributed by atoms with van der Waals surface area (Å²) in [5.41, 5.74) is -1.43. The van der Waals surface area contributed by atoms with Crippen LogP contribution in [0.3, 0.4) is 0 Å². The molecule has 1 N–H and O–H groups in total. The van der Waals surface area contributed by atoms with E-state index in [1.54, 1.807) is 6.92 Å². The summed E-state index contributed by atoms with van der Waals surface area (Å²) in [5.74, 6) is -0.0780. The van der Waals surface area contributed by atoms with Gasteiger partial charge in [0.2, 0.25) is 0 Å². The van der Waals surface area contributed by atoms with Crippen molar-refractivity contribution in [3.63, 3.8) is 0 Å². The third-order valence-corrected chi connectivity index (χ3v) is 2.54. The van der Waals surface area contributed by atoms with Crippen LogP contribution in [-0.4, -0.2) is 47.0 Å². The number of hydrogen-bond acceptors (Lipinski definition) is 4. The van der Waals surface area contributed by atoms with Gasteiger partial charge in [-0.15, -0.1) is 0 Å². The molecule has 0 aromatic rings. The predicted molar refractivity (Wildman–Crippen MR) is 63.9 cm³/mol. The molecule has 0 saturated carbocycles. The average Bonchev–Trinajstić information content (AvgIpc) is 2.15. The van der Waals surface area contributed by atoms with Crippen LogP contribution >= 0.6 is 0 Å². The molecule has 1 unspecified atom stereocenters. The summed E-state index contributed by atoms with van der Waals surface area (Å²) in [7, 11) is 0. The minimum absolute atomic E-state index is 0.0780. The Bertz CT molecular complexity index is 321. The number of amides is 1. The molecular formula is C12H21NO4. The lowest BCUT2D eigenvalue weighted by Gasteiger charge is -2.39. The largest absolute Gasteiger partial charge is 0.510 e. The molecule has 1 amide bonds. The van der Waals surface area contributed by atoms with E-state index in [-0.39, 0.29) is 12.3 Å². The Morgan fingerprint density at radius 1 is 1.53 bits per heavy atom. The van der Waals surface area contributed by atoms with E-state index in [9.17, 15) is 9.90 Å². The maximum atomic E-state index is 11.9. The second-order valence-corrected chi connectivity index (χ2v) is 5.43. The van der Waals surface area contributed by atoms with E-state index in [2.05, 4.69) is 6.58 Å². The zero-order valence-electron chi connectivity index (χ0n) is 10.9. The van der Waals surface area contributed by atoms with Gasteiger partial charge in [0.15, 0.2) is 0 Å². The number of rotatable bonds is 1. The van der Waals surface area contributed by atoms with Crippen LogP contribution < -0.4 is 0 Å². The highest BCUT2D eigenvalue weighted by molar-refractivity contribution is 5.68. The molecule has 1 fully saturated rings. The van der Waals surface area contributed by atoms with Gasteiger partial charge < -0.3 is 19.5 Å². The lowest BCUT2D eigenvalue weighted by atomic mass is 10.0. The number of morpholine rings is 1. The van der Waals surface area contributed by atoms with Gasteiger partial charge in [-0.05, 0) is 27.7 Å². The Labute approximate surface area is 102 Å². The van der Waals surface area contributed by atoms with Gasteiger partial charge in [-0.2, -0.15) is 0 Å². The van der Waals surface area contributed by atoms with Crippen molar-refractivity contribution in [3.8, 4) is 0 Å². The first-order valence-electron chi connectivity index (χ1n) is 5.64. The first kappa shape index (κ1) is 13.8. The Morgan fingerprint density at radius 3 is 2.59 bits per heavy atom. The van der Waals surface area contributed by atoms with Gasteiger partial charge in [0.25, 0.3) is 0 Å². The van der Waals surface area contributed by atoms with Crippen molar-refractivity contribution in [3.05, 3.63) is 12.3 Å². The monoisotopic (exact) mass is 243 g/mol. The summed E-state index contributed by atoms with van der Waals surface area (Å²) >= 11 is 0. The highest BCUT2D eigenvalue weighted by Crippen LogP contribution is 2.24. The first-order chi connectivity index (χ1) is 7.64. The smallest absolute Gasteiger partial charge is 0.410 e. The second kappa shape index (κ2) is 4.56. The fourth-order valence-electron chi connectivity index (χ4n) is 1.53. The average molecular weight is 243 g/mol. The van der Waals surface area contributed by atoms with Crippen LogP contribution in [0.1, 0.15) is 27.7 Å². The fraction of sp³-hybridized carbons (Fsp3) is 0.750. The van der Waals surface area contributed by atoms with Crippen LogP contribution in [0.4, 0.5) is 4.79 Å². The molecule has 17 heavy (non-hydrogen) atoms. The molecule has 1 heterocycles. The Morgan fingerprint density at radius 2 is 2.12 bits per heavy atom. The molecule has 0 spiro atoms. The van der Waals surface area contributed by atoms with Gasteiger partial charge >= 0.3 is 6.09 Å². The molecule has 1 aliphatic heterocycles. The molecule has 5 heteroatoms. The van der Waals surface area contributed by atoms with Crippen LogP contribution in [0.5, 0.6) is 0 Å². The predicted octanol–water partition coefficient (Wildman–Crippen LogP) is 2.08. The summed E-state index contributed by atoms with van der Waals surface area (Å²) in [6.07, 6.45) is -0.395. The topological polar surface area (TPSA) is 59.0 Å². The van der Waals surface area contributed by atoms with Crippen molar-refractivity contribution in [2.45, 2.75) is 38.9 Å². The summed E-state index contributed by atoms with van der Waals surface area (Å²) in [6.45, 7) is 11.7. The zero-order chi connectivity index (χ0) is 13.3. The number of carbonyl (C=O) groups is 1. The van der Waals surface area contributed by atoms with Gasteiger partial charge in [0, 0.05) is 6.54 Å². The maximum Gasteiger partial charge on any atom is 0.410 e. The molecule has 0 bridgehead atoms. The molecule has 0 aromatic carbocycles. The van der Waals surface area contributed by atoms with Gasteiger partial charge in [-0.25, -0.2) is 4.79 Å². The third-order valence-electron chi connectivity index (χ3n) is 2.54. The normalized spacial score (nSPS) is 25.5. The minimum Gasteiger partial charge on any atom is -0.510 e. The zero-order valence-corrected chi connectivity index (χ0v) is 10.9. The molecule has 98 valence electrons. The van der Waals surface area contributed by atoms with Crippen LogP contribution in [-0.2, 0) is 9.47 Å². The van der Waals surface area contributed by atoms with Gasteiger partial charge in [-0.3, -0.25) is 0 Å². The van der Waals surface area contributed by atoms with E-state index in [1.165, 1.54) is 4.90 Å². The second-order valence-electron chi connectivity index (χ2n) is 5.43. The highest BCUT2D eigenvalue weighted by Gasteiger charge is 2.38. The van der Waals surface area contributed by atoms with E-state index >= 15 is 0 Å². The van der Waals surface area contributed by atoms with Crippen LogP contribution in [0.2, 0.25) is 0 Å². The van der Waals surface area contributed by atoms with Gasteiger partial charge in [0.1, 0.15) is 17.0 Å². The van der Waals surface area contributed by atoms with Gasteiger partial charge in [0.05, 0.1) is 13.2 Å². The van der Waals surface area contributed by atoms with Crippen LogP contribution in [0.25, 0.3) is 0 Å². The number of hydrogen-bond donors (Lipinski definition) is 1. The third kappa shape index (κ3) is 3.63. The number of aliphatic hydroxyl groups is 1. The lowest BCUT2D eigenvalue weighted by molar-refractivity contribution is -0.0938. The maximum absolute atomic E-state index is 11.9. The molecule has 1 aliphatic rings. The van der Waals surface area contributed by atoms with Crippen molar-refractivity contribution in [1.29, 1.82) is 0 Å². The van der Waals surface area contributed by atoms with E-state index in [4.69, 9.17) is 9.47 Å². The first-order valence-corrected chi connectivity index (χ1v) is 5.64. The summed E-state index contributed by atoms with van der Waals surface area (Å²) in [5, 5.41) is 9.47. The number of nitrogens with zero attached hydrogens (tertiary/aromatic N) is 1.